The van der Waals surface area contributed by atoms with Crippen molar-refractivity contribution in [3.63, 3.8) is 0 Å². The van der Waals surface area contributed by atoms with Crippen LogP contribution in [0.2, 0.25) is 0 Å². The van der Waals surface area contributed by atoms with Crippen LogP contribution in [0.3, 0.4) is 0 Å². The van der Waals surface area contributed by atoms with Crippen LogP contribution in [-0.4, -0.2) is 57.6 Å². The van der Waals surface area contributed by atoms with Gasteiger partial charge in [0, 0.05) is 17.0 Å². The van der Waals surface area contributed by atoms with E-state index in [2.05, 4.69) is 34.0 Å². The molecular weight excluding hydrogens is 448 g/mol. The number of fused-ring (bicyclic) bond motifs is 1. The first kappa shape index (κ1) is 22.6. The lowest BCUT2D eigenvalue weighted by atomic mass is 9.96. The first-order valence-electron chi connectivity index (χ1n) is 11.6. The van der Waals surface area contributed by atoms with Gasteiger partial charge in [0.05, 0.1) is 27.7 Å². The number of anilines is 1. The van der Waals surface area contributed by atoms with Crippen LogP contribution in [-0.2, 0) is 10.0 Å². The van der Waals surface area contributed by atoms with E-state index in [-0.39, 0.29) is 5.95 Å². The van der Waals surface area contributed by atoms with Gasteiger partial charge in [-0.2, -0.15) is 0 Å². The van der Waals surface area contributed by atoms with E-state index in [1.54, 1.807) is 13.8 Å². The third-order valence-electron chi connectivity index (χ3n) is 6.65. The average Bonchev–Trinajstić information content (AvgIpc) is 3.40. The van der Waals surface area contributed by atoms with Gasteiger partial charge in [-0.1, -0.05) is 36.4 Å². The molecule has 0 spiro atoms. The number of piperidine rings is 1. The average molecular weight is 479 g/mol. The maximum Gasteiger partial charge on any atom is 0.244 e. The number of nitrogens with two attached hydrogens (primary N) is 1. The van der Waals surface area contributed by atoms with Crippen LogP contribution in [0.4, 0.5) is 5.95 Å². The Hall–Kier alpha value is -3.17. The summed E-state index contributed by atoms with van der Waals surface area (Å²) in [6.45, 7) is 5.36. The Kier molecular flexibility index (Phi) is 5.69. The van der Waals surface area contributed by atoms with Gasteiger partial charge >= 0.3 is 0 Å². The molecule has 0 radical (unpaired) electrons. The van der Waals surface area contributed by atoms with Crippen molar-refractivity contribution in [3.8, 4) is 22.5 Å². The fourth-order valence-electron chi connectivity index (χ4n) is 4.59. The fraction of sp³-hybridized carbons (Fsp3) is 0.360. The number of imidazole rings is 2. The van der Waals surface area contributed by atoms with Crippen LogP contribution >= 0.6 is 0 Å². The molecule has 0 aliphatic carbocycles. The zero-order valence-corrected chi connectivity index (χ0v) is 20.5. The predicted octanol–water partition coefficient (Wildman–Crippen LogP) is 4.07. The summed E-state index contributed by atoms with van der Waals surface area (Å²) in [5.41, 5.74) is 10.6. The number of H-pyrrole nitrogens is 1. The van der Waals surface area contributed by atoms with Crippen molar-refractivity contribution in [1.82, 2.24) is 23.8 Å². The van der Waals surface area contributed by atoms with Crippen molar-refractivity contribution in [2.24, 2.45) is 0 Å². The molecule has 0 unspecified atom stereocenters. The quantitative estimate of drug-likeness (QED) is 0.447. The van der Waals surface area contributed by atoms with Gasteiger partial charge in [-0.25, -0.2) is 22.4 Å². The molecule has 8 nitrogen and oxygen atoms in total. The Morgan fingerprint density at radius 3 is 2.41 bits per heavy atom. The molecule has 9 heteroatoms. The predicted molar refractivity (Wildman–Crippen MR) is 136 cm³/mol. The lowest BCUT2D eigenvalue weighted by molar-refractivity contribution is 0.251. The van der Waals surface area contributed by atoms with Crippen molar-refractivity contribution in [1.29, 1.82) is 0 Å². The SMILES string of the molecule is CC(C)S(=O)(=O)n1c(N)nc2ccc(-c3nc(C4CCN(C)CC4)[nH]c3-c3ccccc3)cc21. The molecule has 2 aromatic heterocycles. The van der Waals surface area contributed by atoms with Crippen molar-refractivity contribution >= 4 is 27.0 Å². The van der Waals surface area contributed by atoms with Gasteiger partial charge in [0.15, 0.2) is 0 Å². The Morgan fingerprint density at radius 2 is 1.74 bits per heavy atom. The smallest absolute Gasteiger partial charge is 0.244 e. The molecule has 1 aliphatic rings. The number of nitrogen functional groups attached to an aromatic ring is 1. The second-order valence-electron chi connectivity index (χ2n) is 9.32. The Labute approximate surface area is 199 Å². The molecule has 1 fully saturated rings. The summed E-state index contributed by atoms with van der Waals surface area (Å²) in [4.78, 5) is 15.3. The van der Waals surface area contributed by atoms with Crippen LogP contribution in [0, 0.1) is 0 Å². The molecule has 34 heavy (non-hydrogen) atoms. The van der Waals surface area contributed by atoms with Gasteiger partial charge in [0.1, 0.15) is 5.82 Å². The van der Waals surface area contributed by atoms with Gasteiger partial charge in [0.2, 0.25) is 16.0 Å². The van der Waals surface area contributed by atoms with Crippen molar-refractivity contribution < 1.29 is 8.42 Å². The summed E-state index contributed by atoms with van der Waals surface area (Å²) >= 11 is 0. The van der Waals surface area contributed by atoms with Gasteiger partial charge in [-0.15, -0.1) is 0 Å². The summed E-state index contributed by atoms with van der Waals surface area (Å²) < 4.78 is 27.2. The van der Waals surface area contributed by atoms with E-state index >= 15 is 0 Å². The van der Waals surface area contributed by atoms with Crippen molar-refractivity contribution in [2.45, 2.75) is 37.9 Å². The van der Waals surface area contributed by atoms with Crippen LogP contribution in [0.1, 0.15) is 38.4 Å². The minimum atomic E-state index is -3.67. The van der Waals surface area contributed by atoms with E-state index in [1.807, 2.05) is 36.4 Å². The first-order chi connectivity index (χ1) is 16.3. The molecule has 3 N–H and O–H groups in total. The van der Waals surface area contributed by atoms with Gasteiger partial charge in [-0.05, 0) is 59.0 Å². The third-order valence-corrected chi connectivity index (χ3v) is 8.73. The minimum absolute atomic E-state index is 0.0295. The summed E-state index contributed by atoms with van der Waals surface area (Å²) in [7, 11) is -1.53. The zero-order valence-electron chi connectivity index (χ0n) is 19.7. The van der Waals surface area contributed by atoms with Crippen molar-refractivity contribution in [3.05, 3.63) is 54.4 Å². The second kappa shape index (κ2) is 8.56. The number of hydrogen-bond acceptors (Lipinski definition) is 6. The van der Waals surface area contributed by atoms with Crippen LogP contribution in [0.5, 0.6) is 0 Å². The molecule has 0 atom stereocenters. The number of aromatic nitrogens is 4. The Morgan fingerprint density at radius 1 is 1.03 bits per heavy atom. The normalized spacial score (nSPS) is 16.0. The molecule has 1 aliphatic heterocycles. The number of likely N-dealkylation sites (tertiary alicyclic amines) is 1. The molecule has 178 valence electrons. The highest BCUT2D eigenvalue weighted by Gasteiger charge is 2.27. The maximum atomic E-state index is 13.0. The molecule has 0 saturated carbocycles. The topological polar surface area (TPSA) is 110 Å². The van der Waals surface area contributed by atoms with E-state index in [9.17, 15) is 8.42 Å². The minimum Gasteiger partial charge on any atom is -0.368 e. The molecule has 3 heterocycles. The monoisotopic (exact) mass is 478 g/mol. The number of nitrogens with zero attached hydrogens (tertiary/aromatic N) is 4. The summed E-state index contributed by atoms with van der Waals surface area (Å²) in [6.07, 6.45) is 2.10. The molecule has 5 rings (SSSR count). The number of benzene rings is 2. The standard InChI is InChI=1S/C25H30N6O2S/c1-16(2)34(32,33)31-21-15-19(9-10-20(21)27-25(31)26)23-22(17-7-5-4-6-8-17)28-24(29-23)18-11-13-30(3)14-12-18/h4-10,15-16,18H,11-14H2,1-3H3,(H2,26,27)(H,28,29). The summed E-state index contributed by atoms with van der Waals surface area (Å²) in [5, 5.41) is -0.628. The molecule has 0 bridgehead atoms. The van der Waals surface area contributed by atoms with Crippen LogP contribution in [0.15, 0.2) is 48.5 Å². The van der Waals surface area contributed by atoms with E-state index in [0.717, 1.165) is 58.2 Å². The van der Waals surface area contributed by atoms with E-state index < -0.39 is 15.3 Å². The van der Waals surface area contributed by atoms with Crippen LogP contribution in [0.25, 0.3) is 33.5 Å². The number of nitrogens with one attached hydrogen (secondary N) is 1. The summed E-state index contributed by atoms with van der Waals surface area (Å²) in [5.74, 6) is 1.31. The molecule has 2 aromatic carbocycles. The number of aromatic amines is 1. The first-order valence-corrected chi connectivity index (χ1v) is 13.1. The maximum absolute atomic E-state index is 13.0. The largest absolute Gasteiger partial charge is 0.368 e. The lowest BCUT2D eigenvalue weighted by Gasteiger charge is -2.27. The summed E-state index contributed by atoms with van der Waals surface area (Å²) in [6, 6.07) is 15.7. The Bertz CT molecular complexity index is 1430. The lowest BCUT2D eigenvalue weighted by Crippen LogP contribution is -2.29. The number of hydrogen-bond donors (Lipinski definition) is 2. The highest BCUT2D eigenvalue weighted by Crippen LogP contribution is 2.36. The van der Waals surface area contributed by atoms with Gasteiger partial charge in [0.25, 0.3) is 0 Å². The third kappa shape index (κ3) is 3.88. The molecular formula is C25H30N6O2S. The van der Waals surface area contributed by atoms with E-state index in [1.165, 1.54) is 0 Å². The van der Waals surface area contributed by atoms with Crippen LogP contribution < -0.4 is 5.73 Å². The molecule has 4 aromatic rings. The van der Waals surface area contributed by atoms with Gasteiger partial charge < -0.3 is 15.6 Å². The fourth-order valence-corrected chi connectivity index (χ4v) is 5.73. The molecule has 1 saturated heterocycles. The second-order valence-corrected chi connectivity index (χ2v) is 11.7. The van der Waals surface area contributed by atoms with E-state index in [0.29, 0.717) is 17.0 Å². The van der Waals surface area contributed by atoms with E-state index in [4.69, 9.17) is 10.7 Å². The van der Waals surface area contributed by atoms with Gasteiger partial charge in [-0.3, -0.25) is 0 Å². The number of rotatable bonds is 5. The zero-order chi connectivity index (χ0) is 24.0. The molecule has 0 amide bonds. The van der Waals surface area contributed by atoms with Crippen molar-refractivity contribution in [2.75, 3.05) is 25.9 Å². The highest BCUT2D eigenvalue weighted by molar-refractivity contribution is 7.90. The highest BCUT2D eigenvalue weighted by atomic mass is 32.2. The Balaban J connectivity index is 1.67.